The number of rotatable bonds is 0. The molecule has 0 aliphatic carbocycles. The zero-order valence-corrected chi connectivity index (χ0v) is 29.8. The molecular weight excluding hydrogens is 516 g/mol. The van der Waals surface area contributed by atoms with Gasteiger partial charge in [-0.2, -0.15) is 0 Å². The molecule has 0 heterocycles. The molecule has 43 heavy (non-hydrogen) atoms. The third kappa shape index (κ3) is 12.2. The van der Waals surface area contributed by atoms with E-state index in [1.807, 2.05) is 0 Å². The molecular formula is C43H58. The molecule has 0 radical (unpaired) electrons. The molecule has 5 aromatic carbocycles. The summed E-state index contributed by atoms with van der Waals surface area (Å²) in [6, 6.07) is 30.0. The van der Waals surface area contributed by atoms with E-state index >= 15 is 0 Å². The van der Waals surface area contributed by atoms with Gasteiger partial charge in [0.05, 0.1) is 0 Å². The molecule has 0 bridgehead atoms. The van der Waals surface area contributed by atoms with Crippen molar-refractivity contribution in [3.05, 3.63) is 152 Å². The van der Waals surface area contributed by atoms with E-state index in [2.05, 4.69) is 182 Å². The van der Waals surface area contributed by atoms with Crippen molar-refractivity contribution in [1.82, 2.24) is 0 Å². The predicted octanol–water partition coefficient (Wildman–Crippen LogP) is 13.0. The molecule has 0 saturated carbocycles. The molecule has 0 atom stereocenters. The Morgan fingerprint density at radius 2 is 0.465 bits per heavy atom. The van der Waals surface area contributed by atoms with Crippen molar-refractivity contribution in [1.29, 1.82) is 0 Å². The molecule has 5 aromatic rings. The van der Waals surface area contributed by atoms with Crippen LogP contribution in [0.25, 0.3) is 10.8 Å². The van der Waals surface area contributed by atoms with Gasteiger partial charge in [0, 0.05) is 0 Å². The predicted molar refractivity (Wildman–Crippen MR) is 196 cm³/mol. The van der Waals surface area contributed by atoms with Crippen LogP contribution in [-0.4, -0.2) is 0 Å². The number of fused-ring (bicyclic) bond motifs is 1. The normalized spacial score (nSPS) is 9.72. The van der Waals surface area contributed by atoms with E-state index in [0.29, 0.717) is 0 Å². The smallest absolute Gasteiger partial charge is 0.0120 e. The number of hydrogen-bond donors (Lipinski definition) is 0. The fourth-order valence-corrected chi connectivity index (χ4v) is 4.67. The van der Waals surface area contributed by atoms with Crippen LogP contribution in [0, 0.1) is 83.1 Å². The van der Waals surface area contributed by atoms with Crippen LogP contribution < -0.4 is 0 Å². The van der Waals surface area contributed by atoms with E-state index in [1.165, 1.54) is 84.0 Å². The van der Waals surface area contributed by atoms with Gasteiger partial charge in [0.1, 0.15) is 0 Å². The maximum absolute atomic E-state index is 2.24. The van der Waals surface area contributed by atoms with Gasteiger partial charge in [-0.1, -0.05) is 105 Å². The lowest BCUT2D eigenvalue weighted by Crippen LogP contribution is -1.89. The fourth-order valence-electron chi connectivity index (χ4n) is 4.67. The summed E-state index contributed by atoms with van der Waals surface area (Å²) in [5, 5.41) is 2.87. The van der Waals surface area contributed by atoms with Gasteiger partial charge in [0.15, 0.2) is 0 Å². The summed E-state index contributed by atoms with van der Waals surface area (Å²) >= 11 is 0. The second-order valence-electron chi connectivity index (χ2n) is 12.0. The lowest BCUT2D eigenvalue weighted by atomic mass is 9.94. The summed E-state index contributed by atoms with van der Waals surface area (Å²) in [6.07, 6.45) is 1.25. The van der Waals surface area contributed by atoms with Crippen LogP contribution in [0.15, 0.2) is 84.9 Å². The molecule has 0 fully saturated rings. The van der Waals surface area contributed by atoms with Gasteiger partial charge in [0.25, 0.3) is 0 Å². The largest absolute Gasteiger partial charge is 0.0656 e. The molecule has 0 aliphatic heterocycles. The van der Waals surface area contributed by atoms with E-state index < -0.39 is 0 Å². The zero-order valence-electron chi connectivity index (χ0n) is 29.8. The maximum atomic E-state index is 2.24. The summed E-state index contributed by atoms with van der Waals surface area (Å²) in [4.78, 5) is 0. The second kappa shape index (κ2) is 18.8. The third-order valence-electron chi connectivity index (χ3n) is 7.96. The summed E-state index contributed by atoms with van der Waals surface area (Å²) in [7, 11) is 0. The van der Waals surface area contributed by atoms with E-state index in [1.54, 1.807) is 0 Å². The van der Waals surface area contributed by atoms with Crippen LogP contribution >= 0.6 is 0 Å². The topological polar surface area (TPSA) is 0 Å². The Labute approximate surface area is 265 Å². The maximum Gasteiger partial charge on any atom is -0.0120 e. The van der Waals surface area contributed by atoms with Gasteiger partial charge in [0.2, 0.25) is 0 Å². The Morgan fingerprint density at radius 1 is 0.279 bits per heavy atom. The third-order valence-corrected chi connectivity index (χ3v) is 7.96. The van der Waals surface area contributed by atoms with Gasteiger partial charge < -0.3 is 0 Å². The minimum Gasteiger partial charge on any atom is -0.0656 e. The van der Waals surface area contributed by atoms with Crippen molar-refractivity contribution in [3.63, 3.8) is 0 Å². The average Bonchev–Trinajstić information content (AvgIpc) is 2.96. The highest BCUT2D eigenvalue weighted by Crippen LogP contribution is 2.28. The Balaban J connectivity index is 0.000000285. The van der Waals surface area contributed by atoms with E-state index in [0.717, 1.165) is 0 Å². The Kier molecular flexibility index (Phi) is 16.3. The summed E-state index contributed by atoms with van der Waals surface area (Å²) in [5.74, 6) is 0. The molecule has 0 spiro atoms. The Bertz CT molecular complexity index is 1340. The van der Waals surface area contributed by atoms with E-state index in [9.17, 15) is 0 Å². The van der Waals surface area contributed by atoms with Crippen molar-refractivity contribution in [3.8, 4) is 0 Å². The highest BCUT2D eigenvalue weighted by molar-refractivity contribution is 5.93. The molecule has 0 aliphatic rings. The highest BCUT2D eigenvalue weighted by atomic mass is 14.1. The van der Waals surface area contributed by atoms with Crippen molar-refractivity contribution < 1.29 is 0 Å². The lowest BCUT2D eigenvalue weighted by molar-refractivity contribution is 1.09. The van der Waals surface area contributed by atoms with Crippen LogP contribution in [0.2, 0.25) is 0 Å². The van der Waals surface area contributed by atoms with Crippen LogP contribution in [0.3, 0.4) is 0 Å². The SMILES string of the molecule is CCC.Cc1cc(C)c(C)cc1C.Cc1ccc(C)c2c(C)ccc(C)c12.Cc1ccccc1C.Cc1ccccc1C. The van der Waals surface area contributed by atoms with Crippen LogP contribution in [-0.2, 0) is 0 Å². The number of aryl methyl sites for hydroxylation is 12. The second-order valence-corrected chi connectivity index (χ2v) is 12.0. The standard InChI is InChI=1S/C14H16.C10H14.2C8H10.C3H8/c1-9-5-6-11(3)14-12(4)8-7-10(2)13(9)14;1-7-5-9(3)10(4)6-8(7)2;2*1-7-5-3-4-6-8(7)2;1-3-2/h5-8H,1-4H3;5-6H,1-4H3;2*3-6H,1-2H3;3H2,1-2H3. The van der Waals surface area contributed by atoms with Crippen molar-refractivity contribution in [2.24, 2.45) is 0 Å². The highest BCUT2D eigenvalue weighted by Gasteiger charge is 2.05. The van der Waals surface area contributed by atoms with Crippen LogP contribution in [0.5, 0.6) is 0 Å². The van der Waals surface area contributed by atoms with Crippen molar-refractivity contribution >= 4 is 10.8 Å². The first-order valence-corrected chi connectivity index (χ1v) is 15.8. The minimum absolute atomic E-state index is 1.25. The van der Waals surface area contributed by atoms with Crippen LogP contribution in [0.1, 0.15) is 87.0 Å². The Hall–Kier alpha value is -3.64. The molecule has 0 saturated heterocycles. The first-order valence-electron chi connectivity index (χ1n) is 15.8. The van der Waals surface area contributed by atoms with Crippen LogP contribution in [0.4, 0.5) is 0 Å². The van der Waals surface area contributed by atoms with Gasteiger partial charge in [-0.05, 0) is 161 Å². The number of benzene rings is 5. The van der Waals surface area contributed by atoms with Gasteiger partial charge in [-0.15, -0.1) is 0 Å². The van der Waals surface area contributed by atoms with E-state index in [4.69, 9.17) is 0 Å². The summed E-state index contributed by atoms with van der Waals surface area (Å²) < 4.78 is 0. The zero-order chi connectivity index (χ0) is 32.7. The summed E-state index contributed by atoms with van der Waals surface area (Å²) in [6.45, 7) is 30.1. The lowest BCUT2D eigenvalue weighted by Gasteiger charge is -2.11. The van der Waals surface area contributed by atoms with Gasteiger partial charge >= 0.3 is 0 Å². The monoisotopic (exact) mass is 574 g/mol. The first kappa shape index (κ1) is 37.4. The molecule has 0 nitrogen and oxygen atoms in total. The molecule has 0 N–H and O–H groups in total. The molecule has 0 unspecified atom stereocenters. The van der Waals surface area contributed by atoms with Crippen molar-refractivity contribution in [2.75, 3.05) is 0 Å². The Morgan fingerprint density at radius 3 is 0.628 bits per heavy atom. The minimum atomic E-state index is 1.25. The van der Waals surface area contributed by atoms with Gasteiger partial charge in [-0.25, -0.2) is 0 Å². The quantitative estimate of drug-likeness (QED) is 0.172. The molecule has 0 aromatic heterocycles. The molecule has 0 amide bonds. The molecule has 5 rings (SSSR count). The van der Waals surface area contributed by atoms with E-state index in [-0.39, 0.29) is 0 Å². The first-order chi connectivity index (χ1) is 20.2. The molecule has 0 heteroatoms. The van der Waals surface area contributed by atoms with Crippen molar-refractivity contribution in [2.45, 2.75) is 103 Å². The molecule has 230 valence electrons. The van der Waals surface area contributed by atoms with Gasteiger partial charge in [-0.3, -0.25) is 0 Å². The fraction of sp³-hybridized carbons (Fsp3) is 0.349. The summed E-state index contributed by atoms with van der Waals surface area (Å²) in [5.41, 5.74) is 16.6. The average molecular weight is 575 g/mol. The number of hydrogen-bond acceptors (Lipinski definition) is 0.